The number of hydrogen-bond acceptors (Lipinski definition) is 3. The fourth-order valence-electron chi connectivity index (χ4n) is 1.96. The Balaban J connectivity index is 1.81. The molecular formula is C11H17ClN2O2. The maximum atomic E-state index is 9.37. The van der Waals surface area contributed by atoms with Crippen molar-refractivity contribution in [2.45, 2.75) is 44.5 Å². The van der Waals surface area contributed by atoms with E-state index in [1.54, 1.807) is 6.20 Å². The first-order valence-electron chi connectivity index (χ1n) is 5.62. The van der Waals surface area contributed by atoms with Gasteiger partial charge in [0.05, 0.1) is 18.4 Å². The van der Waals surface area contributed by atoms with Gasteiger partial charge in [0.2, 0.25) is 0 Å². The SMILES string of the molecule is Cn1c(Cl)cnc1COC1CCC(O)CC1. The van der Waals surface area contributed by atoms with Crippen molar-refractivity contribution >= 4 is 11.6 Å². The molecule has 1 aliphatic carbocycles. The molecule has 1 N–H and O–H groups in total. The molecule has 1 aromatic heterocycles. The molecule has 0 amide bonds. The molecule has 0 spiro atoms. The maximum absolute atomic E-state index is 9.37. The molecule has 1 aromatic rings. The maximum Gasteiger partial charge on any atom is 0.135 e. The Labute approximate surface area is 100 Å². The lowest BCUT2D eigenvalue weighted by Gasteiger charge is -2.25. The molecule has 2 rings (SSSR count). The molecule has 0 bridgehead atoms. The minimum atomic E-state index is -0.137. The number of aliphatic hydroxyl groups is 1. The second-order valence-electron chi connectivity index (χ2n) is 4.30. The van der Waals surface area contributed by atoms with Gasteiger partial charge in [-0.2, -0.15) is 0 Å². The summed E-state index contributed by atoms with van der Waals surface area (Å²) < 4.78 is 7.58. The zero-order valence-corrected chi connectivity index (χ0v) is 10.2. The zero-order chi connectivity index (χ0) is 11.5. The van der Waals surface area contributed by atoms with Gasteiger partial charge < -0.3 is 14.4 Å². The van der Waals surface area contributed by atoms with Crippen LogP contribution in [0.15, 0.2) is 6.20 Å². The van der Waals surface area contributed by atoms with Crippen LogP contribution in [-0.4, -0.2) is 26.9 Å². The van der Waals surface area contributed by atoms with E-state index in [9.17, 15) is 5.11 Å². The summed E-state index contributed by atoms with van der Waals surface area (Å²) in [4.78, 5) is 4.17. The predicted octanol–water partition coefficient (Wildman–Crippen LogP) is 1.89. The lowest BCUT2D eigenvalue weighted by Crippen LogP contribution is -2.24. The van der Waals surface area contributed by atoms with Crippen molar-refractivity contribution in [3.8, 4) is 0 Å². The summed E-state index contributed by atoms with van der Waals surface area (Å²) in [5, 5.41) is 9.99. The third-order valence-corrected chi connectivity index (χ3v) is 3.47. The van der Waals surface area contributed by atoms with Crippen molar-refractivity contribution in [2.75, 3.05) is 0 Å². The van der Waals surface area contributed by atoms with E-state index in [2.05, 4.69) is 4.98 Å². The van der Waals surface area contributed by atoms with Crippen LogP contribution in [0.1, 0.15) is 31.5 Å². The second-order valence-corrected chi connectivity index (χ2v) is 4.68. The lowest BCUT2D eigenvalue weighted by molar-refractivity contribution is -0.0148. The van der Waals surface area contributed by atoms with E-state index in [-0.39, 0.29) is 12.2 Å². The summed E-state index contributed by atoms with van der Waals surface area (Å²) in [5.74, 6) is 0.844. The van der Waals surface area contributed by atoms with Gasteiger partial charge in [-0.3, -0.25) is 0 Å². The lowest BCUT2D eigenvalue weighted by atomic mass is 9.95. The Morgan fingerprint density at radius 2 is 2.19 bits per heavy atom. The van der Waals surface area contributed by atoms with Gasteiger partial charge in [-0.25, -0.2) is 4.98 Å². The second kappa shape index (κ2) is 5.17. The number of halogens is 1. The molecule has 0 unspecified atom stereocenters. The summed E-state index contributed by atoms with van der Waals surface area (Å²) >= 11 is 5.88. The number of imidazole rings is 1. The van der Waals surface area contributed by atoms with E-state index in [0.29, 0.717) is 11.8 Å². The van der Waals surface area contributed by atoms with Crippen LogP contribution in [0.4, 0.5) is 0 Å². The monoisotopic (exact) mass is 244 g/mol. The van der Waals surface area contributed by atoms with Crippen LogP contribution >= 0.6 is 11.6 Å². The third-order valence-electron chi connectivity index (χ3n) is 3.12. The third kappa shape index (κ3) is 2.75. The van der Waals surface area contributed by atoms with Gasteiger partial charge in [0.1, 0.15) is 17.6 Å². The van der Waals surface area contributed by atoms with E-state index in [1.807, 2.05) is 11.6 Å². The van der Waals surface area contributed by atoms with Crippen LogP contribution in [0.3, 0.4) is 0 Å². The van der Waals surface area contributed by atoms with Gasteiger partial charge in [-0.1, -0.05) is 11.6 Å². The average molecular weight is 245 g/mol. The van der Waals surface area contributed by atoms with E-state index in [4.69, 9.17) is 16.3 Å². The first kappa shape index (κ1) is 11.9. The number of rotatable bonds is 3. The Morgan fingerprint density at radius 1 is 1.50 bits per heavy atom. The fraction of sp³-hybridized carbons (Fsp3) is 0.727. The summed E-state index contributed by atoms with van der Waals surface area (Å²) in [6.07, 6.45) is 5.28. The van der Waals surface area contributed by atoms with Gasteiger partial charge in [0.25, 0.3) is 0 Å². The summed E-state index contributed by atoms with van der Waals surface area (Å²) in [6.45, 7) is 0.490. The highest BCUT2D eigenvalue weighted by Gasteiger charge is 2.20. The van der Waals surface area contributed by atoms with E-state index < -0.39 is 0 Å². The van der Waals surface area contributed by atoms with E-state index in [0.717, 1.165) is 31.5 Å². The Kier molecular flexibility index (Phi) is 3.84. The summed E-state index contributed by atoms with van der Waals surface area (Å²) in [7, 11) is 1.87. The molecule has 1 fully saturated rings. The molecule has 0 aliphatic heterocycles. The van der Waals surface area contributed by atoms with Gasteiger partial charge >= 0.3 is 0 Å². The Hall–Kier alpha value is -0.580. The van der Waals surface area contributed by atoms with Crippen molar-refractivity contribution < 1.29 is 9.84 Å². The summed E-state index contributed by atoms with van der Waals surface area (Å²) in [5.41, 5.74) is 0. The first-order chi connectivity index (χ1) is 7.66. The molecule has 1 saturated carbocycles. The number of hydrogen-bond donors (Lipinski definition) is 1. The average Bonchev–Trinajstić information content (AvgIpc) is 2.60. The molecule has 4 nitrogen and oxygen atoms in total. The smallest absolute Gasteiger partial charge is 0.135 e. The van der Waals surface area contributed by atoms with Crippen LogP contribution < -0.4 is 0 Å². The standard InChI is InChI=1S/C11H17ClN2O2/c1-14-10(12)6-13-11(14)7-16-9-4-2-8(15)3-5-9/h6,8-9,15H,2-5,7H2,1H3. The number of aromatic nitrogens is 2. The predicted molar refractivity (Wildman–Crippen MR) is 61.3 cm³/mol. The molecule has 0 radical (unpaired) electrons. The van der Waals surface area contributed by atoms with Gasteiger partial charge in [0, 0.05) is 7.05 Å². The highest BCUT2D eigenvalue weighted by atomic mass is 35.5. The minimum Gasteiger partial charge on any atom is -0.393 e. The van der Waals surface area contributed by atoms with Crippen molar-refractivity contribution in [1.82, 2.24) is 9.55 Å². The molecule has 0 saturated heterocycles. The van der Waals surface area contributed by atoms with Crippen LogP contribution in [0, 0.1) is 0 Å². The molecule has 0 atom stereocenters. The molecule has 90 valence electrons. The largest absolute Gasteiger partial charge is 0.393 e. The highest BCUT2D eigenvalue weighted by Crippen LogP contribution is 2.22. The van der Waals surface area contributed by atoms with E-state index >= 15 is 0 Å². The Bertz CT molecular complexity index is 346. The van der Waals surface area contributed by atoms with Crippen molar-refractivity contribution in [3.63, 3.8) is 0 Å². The van der Waals surface area contributed by atoms with Crippen molar-refractivity contribution in [1.29, 1.82) is 0 Å². The van der Waals surface area contributed by atoms with Crippen LogP contribution in [0.25, 0.3) is 0 Å². The summed E-state index contributed by atoms with van der Waals surface area (Å²) in [6, 6.07) is 0. The minimum absolute atomic E-state index is 0.137. The molecule has 0 aromatic carbocycles. The van der Waals surface area contributed by atoms with Gasteiger partial charge in [-0.15, -0.1) is 0 Å². The van der Waals surface area contributed by atoms with Crippen molar-refractivity contribution in [3.05, 3.63) is 17.2 Å². The molecule has 1 heterocycles. The highest BCUT2D eigenvalue weighted by molar-refractivity contribution is 6.29. The van der Waals surface area contributed by atoms with Crippen LogP contribution in [-0.2, 0) is 18.4 Å². The topological polar surface area (TPSA) is 47.3 Å². The molecular weight excluding hydrogens is 228 g/mol. The number of nitrogens with zero attached hydrogens (tertiary/aromatic N) is 2. The van der Waals surface area contributed by atoms with Crippen molar-refractivity contribution in [2.24, 2.45) is 7.05 Å². The number of ether oxygens (including phenoxy) is 1. The first-order valence-corrected chi connectivity index (χ1v) is 6.00. The van der Waals surface area contributed by atoms with Gasteiger partial charge in [-0.05, 0) is 25.7 Å². The van der Waals surface area contributed by atoms with E-state index in [1.165, 1.54) is 0 Å². The normalized spacial score (nSPS) is 25.9. The number of aliphatic hydroxyl groups excluding tert-OH is 1. The van der Waals surface area contributed by atoms with Crippen LogP contribution in [0.5, 0.6) is 0 Å². The molecule has 16 heavy (non-hydrogen) atoms. The molecule has 5 heteroatoms. The van der Waals surface area contributed by atoms with Gasteiger partial charge in [0.15, 0.2) is 0 Å². The van der Waals surface area contributed by atoms with Crippen LogP contribution in [0.2, 0.25) is 5.15 Å². The quantitative estimate of drug-likeness (QED) is 0.884. The molecule has 1 aliphatic rings. The zero-order valence-electron chi connectivity index (χ0n) is 9.40. The Morgan fingerprint density at radius 3 is 2.75 bits per heavy atom. The fourth-order valence-corrected chi connectivity index (χ4v) is 2.11.